The Balaban J connectivity index is 1.34. The van der Waals surface area contributed by atoms with Gasteiger partial charge in [0.25, 0.3) is 5.91 Å². The van der Waals surface area contributed by atoms with Crippen LogP contribution in [0.25, 0.3) is 11.6 Å². The summed E-state index contributed by atoms with van der Waals surface area (Å²) in [5.41, 5.74) is 3.49. The SMILES string of the molecule is COc1ccc(OC)c(C=C2C(=O)N(CN3CCC(N4CCCCC4)CC3)c3ccccc32)c1. The maximum atomic E-state index is 13.7. The van der Waals surface area contributed by atoms with Crippen LogP contribution in [-0.4, -0.2) is 68.8 Å². The van der Waals surface area contributed by atoms with E-state index < -0.39 is 0 Å². The first-order chi connectivity index (χ1) is 16.7. The zero-order valence-electron chi connectivity index (χ0n) is 20.3. The predicted octanol–water partition coefficient (Wildman–Crippen LogP) is 4.50. The first-order valence-electron chi connectivity index (χ1n) is 12.5. The number of carbonyl (C=O) groups is 1. The number of nitrogens with zero attached hydrogens (tertiary/aromatic N) is 3. The van der Waals surface area contributed by atoms with E-state index in [9.17, 15) is 4.79 Å². The van der Waals surface area contributed by atoms with Crippen LogP contribution in [0, 0.1) is 0 Å². The zero-order chi connectivity index (χ0) is 23.5. The minimum atomic E-state index is 0.0456. The first-order valence-corrected chi connectivity index (χ1v) is 12.5. The van der Waals surface area contributed by atoms with E-state index in [1.54, 1.807) is 14.2 Å². The van der Waals surface area contributed by atoms with Gasteiger partial charge in [0.1, 0.15) is 11.5 Å². The Hall–Kier alpha value is -2.83. The summed E-state index contributed by atoms with van der Waals surface area (Å²) in [6.45, 7) is 5.22. The van der Waals surface area contributed by atoms with E-state index >= 15 is 0 Å². The number of likely N-dealkylation sites (tertiary alicyclic amines) is 2. The van der Waals surface area contributed by atoms with Gasteiger partial charge in [0.2, 0.25) is 0 Å². The van der Waals surface area contributed by atoms with Crippen LogP contribution in [0.3, 0.4) is 0 Å². The summed E-state index contributed by atoms with van der Waals surface area (Å²) in [5, 5.41) is 0. The van der Waals surface area contributed by atoms with Crippen LogP contribution in [0.4, 0.5) is 5.69 Å². The molecule has 2 fully saturated rings. The Bertz CT molecular complexity index is 1050. The highest BCUT2D eigenvalue weighted by Crippen LogP contribution is 2.39. The molecule has 180 valence electrons. The molecule has 3 aliphatic rings. The number of rotatable bonds is 6. The molecule has 2 saturated heterocycles. The predicted molar refractivity (Wildman–Crippen MR) is 136 cm³/mol. The molecule has 5 rings (SSSR count). The van der Waals surface area contributed by atoms with Crippen LogP contribution in [0.5, 0.6) is 11.5 Å². The second-order valence-corrected chi connectivity index (χ2v) is 9.50. The number of carbonyl (C=O) groups excluding carboxylic acids is 1. The maximum absolute atomic E-state index is 13.7. The molecule has 0 aromatic heterocycles. The van der Waals surface area contributed by atoms with Gasteiger partial charge in [-0.1, -0.05) is 24.6 Å². The van der Waals surface area contributed by atoms with Crippen molar-refractivity contribution in [1.29, 1.82) is 0 Å². The Morgan fingerprint density at radius 3 is 2.44 bits per heavy atom. The molecular formula is C28H35N3O3. The Morgan fingerprint density at radius 2 is 1.71 bits per heavy atom. The molecule has 6 nitrogen and oxygen atoms in total. The van der Waals surface area contributed by atoms with Crippen molar-refractivity contribution in [3.8, 4) is 11.5 Å². The van der Waals surface area contributed by atoms with Gasteiger partial charge in [-0.15, -0.1) is 0 Å². The number of amides is 1. The first kappa shape index (κ1) is 22.9. The number of fused-ring (bicyclic) bond motifs is 1. The number of para-hydroxylation sites is 1. The van der Waals surface area contributed by atoms with Crippen molar-refractivity contribution in [2.24, 2.45) is 0 Å². The Morgan fingerprint density at radius 1 is 0.941 bits per heavy atom. The van der Waals surface area contributed by atoms with E-state index in [0.29, 0.717) is 18.3 Å². The zero-order valence-corrected chi connectivity index (χ0v) is 20.3. The summed E-state index contributed by atoms with van der Waals surface area (Å²) < 4.78 is 10.9. The second-order valence-electron chi connectivity index (χ2n) is 9.50. The standard InChI is InChI=1S/C28H35N3O3/c1-33-23-10-11-27(34-2)21(18-23)19-25-24-8-4-5-9-26(24)31(28(25)32)20-29-16-12-22(13-17-29)30-14-6-3-7-15-30/h4-5,8-11,18-19,22H,3,6-7,12-17,20H2,1-2H3. The summed E-state index contributed by atoms with van der Waals surface area (Å²) in [7, 11) is 3.29. The van der Waals surface area contributed by atoms with Gasteiger partial charge in [0, 0.05) is 35.8 Å². The monoisotopic (exact) mass is 461 g/mol. The smallest absolute Gasteiger partial charge is 0.260 e. The number of methoxy groups -OCH3 is 2. The molecular weight excluding hydrogens is 426 g/mol. The van der Waals surface area contributed by atoms with E-state index in [2.05, 4.69) is 15.9 Å². The summed E-state index contributed by atoms with van der Waals surface area (Å²) in [4.78, 5) is 20.7. The van der Waals surface area contributed by atoms with Crippen molar-refractivity contribution in [2.45, 2.75) is 38.1 Å². The van der Waals surface area contributed by atoms with E-state index in [0.717, 1.165) is 41.4 Å². The molecule has 0 spiro atoms. The lowest BCUT2D eigenvalue weighted by Gasteiger charge is -2.41. The van der Waals surface area contributed by atoms with Gasteiger partial charge < -0.3 is 14.4 Å². The third kappa shape index (κ3) is 4.57. The molecule has 0 bridgehead atoms. The van der Waals surface area contributed by atoms with Crippen molar-refractivity contribution in [3.63, 3.8) is 0 Å². The summed E-state index contributed by atoms with van der Waals surface area (Å²) in [6.07, 6.45) is 8.37. The van der Waals surface area contributed by atoms with Gasteiger partial charge in [-0.3, -0.25) is 14.6 Å². The normalized spacial score (nSPS) is 21.2. The average molecular weight is 462 g/mol. The number of benzene rings is 2. The van der Waals surface area contributed by atoms with Crippen LogP contribution in [0.1, 0.15) is 43.2 Å². The number of piperidine rings is 2. The third-order valence-electron chi connectivity index (χ3n) is 7.50. The summed E-state index contributed by atoms with van der Waals surface area (Å²) in [5.74, 6) is 1.50. The second kappa shape index (κ2) is 10.2. The summed E-state index contributed by atoms with van der Waals surface area (Å²) in [6, 6.07) is 14.5. The number of ether oxygens (including phenoxy) is 2. The molecule has 0 unspecified atom stereocenters. The largest absolute Gasteiger partial charge is 0.497 e. The van der Waals surface area contributed by atoms with E-state index in [1.165, 1.54) is 45.2 Å². The minimum absolute atomic E-state index is 0.0456. The molecule has 0 radical (unpaired) electrons. The third-order valence-corrected chi connectivity index (χ3v) is 7.50. The van der Waals surface area contributed by atoms with Crippen LogP contribution >= 0.6 is 0 Å². The molecule has 0 atom stereocenters. The maximum Gasteiger partial charge on any atom is 0.260 e. The van der Waals surface area contributed by atoms with Gasteiger partial charge in [0.05, 0.1) is 26.6 Å². The van der Waals surface area contributed by atoms with Crippen molar-refractivity contribution in [1.82, 2.24) is 9.80 Å². The fraction of sp³-hybridized carbons (Fsp3) is 0.464. The molecule has 0 saturated carbocycles. The highest BCUT2D eigenvalue weighted by Gasteiger charge is 2.34. The van der Waals surface area contributed by atoms with Crippen molar-refractivity contribution < 1.29 is 14.3 Å². The highest BCUT2D eigenvalue weighted by atomic mass is 16.5. The van der Waals surface area contributed by atoms with Gasteiger partial charge >= 0.3 is 0 Å². The van der Waals surface area contributed by atoms with Crippen LogP contribution in [0.15, 0.2) is 42.5 Å². The Labute approximate surface area is 202 Å². The molecule has 1 amide bonds. The van der Waals surface area contributed by atoms with Crippen molar-refractivity contribution in [2.75, 3.05) is 52.0 Å². The minimum Gasteiger partial charge on any atom is -0.497 e. The summed E-state index contributed by atoms with van der Waals surface area (Å²) >= 11 is 0. The van der Waals surface area contributed by atoms with Gasteiger partial charge in [-0.25, -0.2) is 0 Å². The van der Waals surface area contributed by atoms with Gasteiger partial charge in [-0.2, -0.15) is 0 Å². The van der Waals surface area contributed by atoms with Crippen LogP contribution in [-0.2, 0) is 4.79 Å². The number of hydrogen-bond donors (Lipinski definition) is 0. The fourth-order valence-electron chi connectivity index (χ4n) is 5.60. The molecule has 34 heavy (non-hydrogen) atoms. The van der Waals surface area contributed by atoms with Crippen molar-refractivity contribution in [3.05, 3.63) is 53.6 Å². The van der Waals surface area contributed by atoms with E-state index in [1.807, 2.05) is 47.4 Å². The van der Waals surface area contributed by atoms with Crippen molar-refractivity contribution >= 4 is 23.2 Å². The van der Waals surface area contributed by atoms with Crippen LogP contribution < -0.4 is 14.4 Å². The quantitative estimate of drug-likeness (QED) is 0.593. The van der Waals surface area contributed by atoms with Gasteiger partial charge in [-0.05, 0) is 69.1 Å². The number of hydrogen-bond acceptors (Lipinski definition) is 5. The molecule has 6 heteroatoms. The fourth-order valence-corrected chi connectivity index (χ4v) is 5.60. The lowest BCUT2D eigenvalue weighted by Crippen LogP contribution is -2.49. The van der Waals surface area contributed by atoms with E-state index in [4.69, 9.17) is 9.47 Å². The highest BCUT2D eigenvalue weighted by molar-refractivity contribution is 6.35. The average Bonchev–Trinajstić information content (AvgIpc) is 3.15. The van der Waals surface area contributed by atoms with E-state index in [-0.39, 0.29) is 5.91 Å². The molecule has 3 heterocycles. The lowest BCUT2D eigenvalue weighted by atomic mass is 10.0. The molecule has 3 aliphatic heterocycles. The molecule has 2 aromatic carbocycles. The lowest BCUT2D eigenvalue weighted by molar-refractivity contribution is -0.113. The topological polar surface area (TPSA) is 45.3 Å². The molecule has 0 aliphatic carbocycles. The Kier molecular flexibility index (Phi) is 6.88. The number of anilines is 1. The van der Waals surface area contributed by atoms with Crippen LogP contribution in [0.2, 0.25) is 0 Å². The molecule has 2 aromatic rings. The molecule has 0 N–H and O–H groups in total. The van der Waals surface area contributed by atoms with Gasteiger partial charge in [0.15, 0.2) is 0 Å².